The van der Waals surface area contributed by atoms with Gasteiger partial charge in [-0.15, -0.1) is 0 Å². The van der Waals surface area contributed by atoms with Gasteiger partial charge in [0.2, 0.25) is 5.91 Å². The van der Waals surface area contributed by atoms with Gasteiger partial charge >= 0.3 is 0 Å². The van der Waals surface area contributed by atoms with Gasteiger partial charge in [-0.2, -0.15) is 0 Å². The highest BCUT2D eigenvalue weighted by molar-refractivity contribution is 6.21. The van der Waals surface area contributed by atoms with E-state index in [2.05, 4.69) is 5.32 Å². The number of hydrogen-bond donors (Lipinski definition) is 1. The van der Waals surface area contributed by atoms with Crippen LogP contribution in [-0.4, -0.2) is 29.2 Å². The first-order chi connectivity index (χ1) is 14.1. The van der Waals surface area contributed by atoms with Crippen molar-refractivity contribution in [2.75, 3.05) is 6.54 Å². The van der Waals surface area contributed by atoms with Gasteiger partial charge in [-0.3, -0.25) is 19.3 Å². The summed E-state index contributed by atoms with van der Waals surface area (Å²) < 4.78 is 0. The molecule has 0 unspecified atom stereocenters. The molecule has 144 valence electrons. The van der Waals surface area contributed by atoms with Crippen molar-refractivity contribution < 1.29 is 14.4 Å². The van der Waals surface area contributed by atoms with Crippen molar-refractivity contribution in [3.05, 3.63) is 107 Å². The van der Waals surface area contributed by atoms with E-state index in [-0.39, 0.29) is 36.7 Å². The summed E-state index contributed by atoms with van der Waals surface area (Å²) >= 11 is 0. The van der Waals surface area contributed by atoms with E-state index >= 15 is 0 Å². The summed E-state index contributed by atoms with van der Waals surface area (Å²) in [5.74, 6) is -0.915. The highest BCUT2D eigenvalue weighted by Gasteiger charge is 2.35. The third kappa shape index (κ3) is 3.80. The monoisotopic (exact) mass is 384 g/mol. The molecule has 0 saturated heterocycles. The fourth-order valence-electron chi connectivity index (χ4n) is 3.54. The number of hydrogen-bond acceptors (Lipinski definition) is 3. The van der Waals surface area contributed by atoms with Crippen LogP contribution in [0.15, 0.2) is 84.9 Å². The van der Waals surface area contributed by atoms with Crippen LogP contribution in [0.5, 0.6) is 0 Å². The predicted octanol–water partition coefficient (Wildman–Crippen LogP) is 3.58. The van der Waals surface area contributed by atoms with E-state index in [1.807, 2.05) is 60.7 Å². The molecule has 1 aliphatic heterocycles. The van der Waals surface area contributed by atoms with E-state index in [0.29, 0.717) is 11.1 Å². The summed E-state index contributed by atoms with van der Waals surface area (Å²) in [6, 6.07) is 25.8. The number of imide groups is 1. The molecule has 1 N–H and O–H groups in total. The van der Waals surface area contributed by atoms with E-state index in [1.165, 1.54) is 0 Å². The van der Waals surface area contributed by atoms with Crippen LogP contribution in [0.1, 0.15) is 44.3 Å². The number of amides is 3. The minimum absolute atomic E-state index is 0.0433. The largest absolute Gasteiger partial charge is 0.345 e. The number of carbonyl (C=O) groups is 3. The van der Waals surface area contributed by atoms with Gasteiger partial charge in [0, 0.05) is 13.0 Å². The lowest BCUT2D eigenvalue weighted by Gasteiger charge is -2.21. The van der Waals surface area contributed by atoms with Crippen molar-refractivity contribution in [1.29, 1.82) is 0 Å². The maximum Gasteiger partial charge on any atom is 0.261 e. The lowest BCUT2D eigenvalue weighted by molar-refractivity contribution is -0.121. The predicted molar refractivity (Wildman–Crippen MR) is 109 cm³/mol. The van der Waals surface area contributed by atoms with Gasteiger partial charge in [0.1, 0.15) is 0 Å². The molecule has 4 rings (SSSR count). The Morgan fingerprint density at radius 1 is 0.724 bits per heavy atom. The summed E-state index contributed by atoms with van der Waals surface area (Å²) in [4.78, 5) is 38.7. The topological polar surface area (TPSA) is 66.5 Å². The molecule has 5 heteroatoms. The van der Waals surface area contributed by atoms with E-state index in [4.69, 9.17) is 0 Å². The Morgan fingerprint density at radius 3 is 1.66 bits per heavy atom. The second-order valence-electron chi connectivity index (χ2n) is 6.88. The van der Waals surface area contributed by atoms with Crippen molar-refractivity contribution >= 4 is 17.7 Å². The second-order valence-corrected chi connectivity index (χ2v) is 6.88. The molecule has 3 aromatic carbocycles. The molecule has 29 heavy (non-hydrogen) atoms. The van der Waals surface area contributed by atoms with E-state index in [0.717, 1.165) is 16.0 Å². The Balaban J connectivity index is 1.46. The zero-order valence-electron chi connectivity index (χ0n) is 15.7. The Hall–Kier alpha value is -3.73. The van der Waals surface area contributed by atoms with Gasteiger partial charge in [-0.05, 0) is 23.3 Å². The summed E-state index contributed by atoms with van der Waals surface area (Å²) in [5.41, 5.74) is 2.72. The van der Waals surface area contributed by atoms with Crippen LogP contribution in [0.3, 0.4) is 0 Å². The molecule has 0 atom stereocenters. The number of nitrogens with zero attached hydrogens (tertiary/aromatic N) is 1. The second kappa shape index (κ2) is 8.10. The summed E-state index contributed by atoms with van der Waals surface area (Å²) in [5, 5.41) is 3.04. The number of nitrogens with one attached hydrogen (secondary N) is 1. The zero-order valence-corrected chi connectivity index (χ0v) is 15.7. The molecule has 3 amide bonds. The van der Waals surface area contributed by atoms with Crippen molar-refractivity contribution in [3.63, 3.8) is 0 Å². The first-order valence-corrected chi connectivity index (χ1v) is 9.49. The standard InChI is InChI=1S/C24H20N2O3/c27-21(15-16-26-23(28)19-13-7-8-14-20(19)24(26)29)25-22(17-9-3-1-4-10-17)18-11-5-2-6-12-18/h1-14,22H,15-16H2,(H,25,27). The molecule has 0 bridgehead atoms. The molecule has 0 radical (unpaired) electrons. The molecule has 0 aliphatic carbocycles. The Labute approximate surface area is 169 Å². The minimum Gasteiger partial charge on any atom is -0.345 e. The maximum atomic E-state index is 12.7. The molecule has 0 aromatic heterocycles. The van der Waals surface area contributed by atoms with E-state index in [1.54, 1.807) is 24.3 Å². The van der Waals surface area contributed by atoms with Gasteiger partial charge in [-0.25, -0.2) is 0 Å². The Kier molecular flexibility index (Phi) is 5.20. The van der Waals surface area contributed by atoms with Crippen molar-refractivity contribution in [2.24, 2.45) is 0 Å². The molecule has 1 aliphatic rings. The van der Waals surface area contributed by atoms with Gasteiger partial charge in [0.05, 0.1) is 17.2 Å². The molecular formula is C24H20N2O3. The maximum absolute atomic E-state index is 12.7. The number of benzene rings is 3. The minimum atomic E-state index is -0.346. The average molecular weight is 384 g/mol. The van der Waals surface area contributed by atoms with Crippen molar-refractivity contribution in [3.8, 4) is 0 Å². The van der Waals surface area contributed by atoms with Gasteiger partial charge < -0.3 is 5.32 Å². The molecular weight excluding hydrogens is 364 g/mol. The van der Waals surface area contributed by atoms with Crippen LogP contribution in [0.4, 0.5) is 0 Å². The van der Waals surface area contributed by atoms with Gasteiger partial charge in [-0.1, -0.05) is 72.8 Å². The van der Waals surface area contributed by atoms with Crippen LogP contribution >= 0.6 is 0 Å². The lowest BCUT2D eigenvalue weighted by Crippen LogP contribution is -2.36. The van der Waals surface area contributed by atoms with Crippen molar-refractivity contribution in [2.45, 2.75) is 12.5 Å². The van der Waals surface area contributed by atoms with Crippen molar-refractivity contribution in [1.82, 2.24) is 10.2 Å². The van der Waals surface area contributed by atoms with Crippen LogP contribution < -0.4 is 5.32 Å². The molecule has 0 spiro atoms. The summed E-state index contributed by atoms with van der Waals surface area (Å²) in [6.07, 6.45) is 0.0433. The average Bonchev–Trinajstić information content (AvgIpc) is 3.02. The third-order valence-corrected chi connectivity index (χ3v) is 5.01. The first kappa shape index (κ1) is 18.6. The first-order valence-electron chi connectivity index (χ1n) is 9.49. The van der Waals surface area contributed by atoms with E-state index in [9.17, 15) is 14.4 Å². The fourth-order valence-corrected chi connectivity index (χ4v) is 3.54. The molecule has 0 fully saturated rings. The molecule has 0 saturated carbocycles. The highest BCUT2D eigenvalue weighted by Crippen LogP contribution is 2.24. The Morgan fingerprint density at radius 2 is 1.17 bits per heavy atom. The van der Waals surface area contributed by atoms with Gasteiger partial charge in [0.25, 0.3) is 11.8 Å². The fraction of sp³-hybridized carbons (Fsp3) is 0.125. The van der Waals surface area contributed by atoms with Gasteiger partial charge in [0.15, 0.2) is 0 Å². The molecule has 5 nitrogen and oxygen atoms in total. The third-order valence-electron chi connectivity index (χ3n) is 5.01. The van der Waals surface area contributed by atoms with Crippen LogP contribution in [-0.2, 0) is 4.79 Å². The highest BCUT2D eigenvalue weighted by atomic mass is 16.2. The molecule has 3 aromatic rings. The smallest absolute Gasteiger partial charge is 0.261 e. The number of rotatable bonds is 6. The normalized spacial score (nSPS) is 12.9. The van der Waals surface area contributed by atoms with Crippen LogP contribution in [0.25, 0.3) is 0 Å². The quantitative estimate of drug-likeness (QED) is 0.661. The Bertz CT molecular complexity index is 973. The van der Waals surface area contributed by atoms with E-state index < -0.39 is 0 Å². The number of fused-ring (bicyclic) bond motifs is 1. The molecule has 1 heterocycles. The summed E-state index contributed by atoms with van der Waals surface area (Å²) in [6.45, 7) is 0.0501. The van der Waals surface area contributed by atoms with Crippen LogP contribution in [0, 0.1) is 0 Å². The zero-order chi connectivity index (χ0) is 20.2. The van der Waals surface area contributed by atoms with Crippen LogP contribution in [0.2, 0.25) is 0 Å². The lowest BCUT2D eigenvalue weighted by atomic mass is 9.98. The number of carbonyl (C=O) groups excluding carboxylic acids is 3. The summed E-state index contributed by atoms with van der Waals surface area (Å²) in [7, 11) is 0. The SMILES string of the molecule is O=C(CCN1C(=O)c2ccccc2C1=O)NC(c1ccccc1)c1ccccc1.